The van der Waals surface area contributed by atoms with Crippen molar-refractivity contribution < 1.29 is 4.42 Å². The van der Waals surface area contributed by atoms with Crippen LogP contribution in [0.3, 0.4) is 0 Å². The fourth-order valence-electron chi connectivity index (χ4n) is 2.48. The van der Waals surface area contributed by atoms with Crippen LogP contribution in [0, 0.1) is 0 Å². The Bertz CT molecular complexity index is 711. The predicted molar refractivity (Wildman–Crippen MR) is 87.6 cm³/mol. The molecule has 0 saturated carbocycles. The normalized spacial score (nSPS) is 12.7. The van der Waals surface area contributed by atoms with Crippen molar-refractivity contribution in [2.24, 2.45) is 0 Å². The highest BCUT2D eigenvalue weighted by Gasteiger charge is 2.10. The minimum atomic E-state index is 0.400. The van der Waals surface area contributed by atoms with Crippen LogP contribution < -0.4 is 0 Å². The minimum Gasteiger partial charge on any atom is -0.467 e. The first-order valence-electron chi connectivity index (χ1n) is 7.45. The van der Waals surface area contributed by atoms with Crippen LogP contribution in [-0.2, 0) is 6.54 Å². The van der Waals surface area contributed by atoms with E-state index < -0.39 is 0 Å². The first-order chi connectivity index (χ1) is 10.6. The predicted octanol–water partition coefficient (Wildman–Crippen LogP) is 3.81. The first kappa shape index (κ1) is 14.6. The zero-order chi connectivity index (χ0) is 15.5. The van der Waals surface area contributed by atoms with Crippen LogP contribution in [0.5, 0.6) is 0 Å². The summed E-state index contributed by atoms with van der Waals surface area (Å²) in [5.74, 6) is 1.89. The lowest BCUT2D eigenvalue weighted by molar-refractivity contribution is 0.321. The van der Waals surface area contributed by atoms with Gasteiger partial charge in [-0.2, -0.15) is 0 Å². The van der Waals surface area contributed by atoms with Crippen LogP contribution in [0.2, 0.25) is 0 Å². The Hall–Kier alpha value is -2.33. The fourth-order valence-corrected chi connectivity index (χ4v) is 2.48. The summed E-state index contributed by atoms with van der Waals surface area (Å²) in [5, 5.41) is 0. The van der Waals surface area contributed by atoms with Gasteiger partial charge in [-0.1, -0.05) is 24.3 Å². The Balaban J connectivity index is 1.84. The molecule has 0 N–H and O–H groups in total. The van der Waals surface area contributed by atoms with E-state index in [1.54, 1.807) is 6.26 Å². The van der Waals surface area contributed by atoms with Gasteiger partial charge in [-0.05, 0) is 38.7 Å². The number of furan rings is 1. The topological polar surface area (TPSA) is 34.2 Å². The summed E-state index contributed by atoms with van der Waals surface area (Å²) in [5.41, 5.74) is 2.42. The monoisotopic (exact) mass is 295 g/mol. The molecule has 2 aromatic heterocycles. The minimum absolute atomic E-state index is 0.400. The van der Waals surface area contributed by atoms with E-state index in [4.69, 9.17) is 4.42 Å². The van der Waals surface area contributed by atoms with Gasteiger partial charge >= 0.3 is 0 Å². The highest BCUT2D eigenvalue weighted by atomic mass is 16.3. The summed E-state index contributed by atoms with van der Waals surface area (Å²) in [6.07, 6.45) is 5.51. The Morgan fingerprint density at radius 2 is 1.95 bits per heavy atom. The molecule has 3 aromatic rings. The van der Waals surface area contributed by atoms with Crippen molar-refractivity contribution in [2.45, 2.75) is 19.5 Å². The molecule has 0 fully saturated rings. The van der Waals surface area contributed by atoms with Crippen LogP contribution in [0.1, 0.15) is 24.3 Å². The zero-order valence-corrected chi connectivity index (χ0v) is 13.2. The molecule has 1 atom stereocenters. The molecular formula is C18H21N3O. The van der Waals surface area contributed by atoms with Crippen LogP contribution in [0.4, 0.5) is 0 Å². The molecule has 0 aliphatic heterocycles. The molecule has 1 aromatic carbocycles. The second-order valence-electron chi connectivity index (χ2n) is 5.72. The van der Waals surface area contributed by atoms with Crippen LogP contribution >= 0.6 is 0 Å². The second-order valence-corrected chi connectivity index (χ2v) is 5.72. The lowest BCUT2D eigenvalue weighted by Crippen LogP contribution is -2.16. The quantitative estimate of drug-likeness (QED) is 0.717. The van der Waals surface area contributed by atoms with Gasteiger partial charge in [0.15, 0.2) is 0 Å². The third kappa shape index (κ3) is 2.97. The lowest BCUT2D eigenvalue weighted by atomic mass is 10.1. The van der Waals surface area contributed by atoms with Crippen LogP contribution in [0.25, 0.3) is 11.4 Å². The number of imidazole rings is 1. The van der Waals surface area contributed by atoms with Crippen molar-refractivity contribution in [3.8, 4) is 11.4 Å². The van der Waals surface area contributed by atoms with E-state index in [2.05, 4.69) is 59.7 Å². The molecule has 0 spiro atoms. The smallest absolute Gasteiger partial charge is 0.140 e. The average molecular weight is 295 g/mol. The van der Waals surface area contributed by atoms with Crippen molar-refractivity contribution >= 4 is 0 Å². The molecule has 22 heavy (non-hydrogen) atoms. The third-order valence-electron chi connectivity index (χ3n) is 4.05. The van der Waals surface area contributed by atoms with Gasteiger partial charge in [-0.15, -0.1) is 0 Å². The van der Waals surface area contributed by atoms with Crippen molar-refractivity contribution in [2.75, 3.05) is 14.1 Å². The summed E-state index contributed by atoms with van der Waals surface area (Å²) in [6, 6.07) is 12.9. The number of hydrogen-bond donors (Lipinski definition) is 0. The zero-order valence-electron chi connectivity index (χ0n) is 13.2. The van der Waals surface area contributed by atoms with E-state index in [-0.39, 0.29) is 0 Å². The Kier molecular flexibility index (Phi) is 4.11. The molecule has 0 unspecified atom stereocenters. The molecule has 0 aliphatic rings. The maximum absolute atomic E-state index is 5.42. The summed E-state index contributed by atoms with van der Waals surface area (Å²) in [4.78, 5) is 6.69. The number of benzene rings is 1. The van der Waals surface area contributed by atoms with E-state index in [0.717, 1.165) is 17.1 Å². The molecule has 0 radical (unpaired) electrons. The second kappa shape index (κ2) is 6.20. The summed E-state index contributed by atoms with van der Waals surface area (Å²) in [6.45, 7) is 2.89. The van der Waals surface area contributed by atoms with Gasteiger partial charge in [0.05, 0.1) is 12.8 Å². The van der Waals surface area contributed by atoms with Crippen molar-refractivity contribution in [3.05, 3.63) is 66.4 Å². The van der Waals surface area contributed by atoms with Crippen LogP contribution in [0.15, 0.2) is 59.5 Å². The fraction of sp³-hybridized carbons (Fsp3) is 0.278. The van der Waals surface area contributed by atoms with Crippen molar-refractivity contribution in [1.82, 2.24) is 14.5 Å². The molecule has 4 heteroatoms. The molecule has 0 bridgehead atoms. The standard InChI is InChI=1S/C18H21N3O/c1-14(20(2)3)15-6-8-16(9-7-15)18-19-10-11-21(18)13-17-5-4-12-22-17/h4-12,14H,13H2,1-3H3/t14-/m0/s1. The Morgan fingerprint density at radius 3 is 2.59 bits per heavy atom. The number of nitrogens with zero attached hydrogens (tertiary/aromatic N) is 3. The molecule has 114 valence electrons. The molecule has 0 amide bonds. The Morgan fingerprint density at radius 1 is 1.18 bits per heavy atom. The molecule has 0 saturated heterocycles. The van der Waals surface area contributed by atoms with E-state index in [1.807, 2.05) is 24.5 Å². The Labute approximate surface area is 131 Å². The molecule has 0 aliphatic carbocycles. The van der Waals surface area contributed by atoms with Crippen LogP contribution in [-0.4, -0.2) is 28.5 Å². The summed E-state index contributed by atoms with van der Waals surface area (Å²) in [7, 11) is 4.18. The number of rotatable bonds is 5. The molecule has 2 heterocycles. The maximum Gasteiger partial charge on any atom is 0.140 e. The van der Waals surface area contributed by atoms with E-state index in [1.165, 1.54) is 5.56 Å². The van der Waals surface area contributed by atoms with Gasteiger partial charge in [0.25, 0.3) is 0 Å². The van der Waals surface area contributed by atoms with Gasteiger partial charge in [0.2, 0.25) is 0 Å². The largest absolute Gasteiger partial charge is 0.467 e. The SMILES string of the molecule is C[C@@H](c1ccc(-c2nccn2Cc2ccco2)cc1)N(C)C. The van der Waals surface area contributed by atoms with E-state index in [0.29, 0.717) is 12.6 Å². The van der Waals surface area contributed by atoms with Gasteiger partial charge < -0.3 is 13.9 Å². The average Bonchev–Trinajstić information content (AvgIpc) is 3.19. The maximum atomic E-state index is 5.42. The van der Waals surface area contributed by atoms with Gasteiger partial charge in [-0.25, -0.2) is 4.98 Å². The van der Waals surface area contributed by atoms with Gasteiger partial charge in [0, 0.05) is 24.0 Å². The van der Waals surface area contributed by atoms with Gasteiger partial charge in [-0.3, -0.25) is 0 Å². The highest BCUT2D eigenvalue weighted by molar-refractivity contribution is 5.56. The molecule has 3 rings (SSSR count). The highest BCUT2D eigenvalue weighted by Crippen LogP contribution is 2.23. The summed E-state index contributed by atoms with van der Waals surface area (Å²) < 4.78 is 7.52. The third-order valence-corrected chi connectivity index (χ3v) is 4.05. The lowest BCUT2D eigenvalue weighted by Gasteiger charge is -2.20. The first-order valence-corrected chi connectivity index (χ1v) is 7.45. The van der Waals surface area contributed by atoms with Crippen molar-refractivity contribution in [3.63, 3.8) is 0 Å². The van der Waals surface area contributed by atoms with E-state index >= 15 is 0 Å². The van der Waals surface area contributed by atoms with Gasteiger partial charge in [0.1, 0.15) is 11.6 Å². The summed E-state index contributed by atoms with van der Waals surface area (Å²) >= 11 is 0. The van der Waals surface area contributed by atoms with E-state index in [9.17, 15) is 0 Å². The number of aromatic nitrogens is 2. The molecular weight excluding hydrogens is 274 g/mol. The number of hydrogen-bond acceptors (Lipinski definition) is 3. The molecule has 4 nitrogen and oxygen atoms in total. The van der Waals surface area contributed by atoms with Crippen molar-refractivity contribution in [1.29, 1.82) is 0 Å².